The van der Waals surface area contributed by atoms with Crippen LogP contribution in [0, 0.1) is 11.7 Å². The molecule has 2 aliphatic rings. The van der Waals surface area contributed by atoms with Gasteiger partial charge in [0.05, 0.1) is 10.6 Å². The maximum absolute atomic E-state index is 14.2. The molecule has 0 aliphatic heterocycles. The molecule has 2 N–H and O–H groups in total. The molecule has 2 amide bonds. The standard InChI is InChI=1S/C22H20ClFN2O2S2/c1-10-5-8-12-15(9-10)30-22(16(12)20(27)25-11-6-7-11)26-21(28)19-18(23)17-13(24)3-2-4-14(17)29-19/h2-4,10-11H,5-9H2,1H3,(H,25,27)(H,26,28)/t10-/m0/s1. The number of anilines is 1. The van der Waals surface area contributed by atoms with E-state index in [0.29, 0.717) is 21.2 Å². The molecular weight excluding hydrogens is 443 g/mol. The van der Waals surface area contributed by atoms with Gasteiger partial charge in [-0.05, 0) is 55.7 Å². The lowest BCUT2D eigenvalue weighted by Gasteiger charge is -2.18. The number of hydrogen-bond acceptors (Lipinski definition) is 4. The third-order valence-electron chi connectivity index (χ3n) is 5.69. The van der Waals surface area contributed by atoms with Gasteiger partial charge in [0.2, 0.25) is 0 Å². The summed E-state index contributed by atoms with van der Waals surface area (Å²) in [5.41, 5.74) is 1.64. The lowest BCUT2D eigenvalue weighted by atomic mass is 9.88. The van der Waals surface area contributed by atoms with Gasteiger partial charge in [0.1, 0.15) is 15.7 Å². The fraction of sp³-hybridized carbons (Fsp3) is 0.364. The highest BCUT2D eigenvalue weighted by atomic mass is 35.5. The molecule has 2 heterocycles. The van der Waals surface area contributed by atoms with Crippen LogP contribution in [-0.4, -0.2) is 17.9 Å². The number of thiophene rings is 2. The molecule has 0 saturated heterocycles. The monoisotopic (exact) mass is 462 g/mol. The maximum Gasteiger partial charge on any atom is 0.267 e. The van der Waals surface area contributed by atoms with Crippen LogP contribution in [0.25, 0.3) is 10.1 Å². The summed E-state index contributed by atoms with van der Waals surface area (Å²) in [6, 6.07) is 4.91. The van der Waals surface area contributed by atoms with Gasteiger partial charge in [-0.25, -0.2) is 4.39 Å². The minimum Gasteiger partial charge on any atom is -0.349 e. The average molecular weight is 463 g/mol. The molecule has 156 valence electrons. The summed E-state index contributed by atoms with van der Waals surface area (Å²) in [6.07, 6.45) is 4.78. The van der Waals surface area contributed by atoms with E-state index >= 15 is 0 Å². The molecular formula is C22H20ClFN2O2S2. The van der Waals surface area contributed by atoms with E-state index in [9.17, 15) is 14.0 Å². The number of halogens is 2. The normalized spacial score (nSPS) is 18.3. The van der Waals surface area contributed by atoms with E-state index < -0.39 is 11.7 Å². The Balaban J connectivity index is 1.51. The van der Waals surface area contributed by atoms with Crippen LogP contribution in [0.4, 0.5) is 9.39 Å². The van der Waals surface area contributed by atoms with E-state index in [0.717, 1.165) is 49.0 Å². The summed E-state index contributed by atoms with van der Waals surface area (Å²) >= 11 is 8.99. The van der Waals surface area contributed by atoms with Crippen LogP contribution >= 0.6 is 34.3 Å². The topological polar surface area (TPSA) is 58.2 Å². The Kier molecular flexibility index (Phi) is 5.08. The van der Waals surface area contributed by atoms with Crippen molar-refractivity contribution in [2.24, 2.45) is 5.92 Å². The summed E-state index contributed by atoms with van der Waals surface area (Å²) in [7, 11) is 0. The van der Waals surface area contributed by atoms with Gasteiger partial charge in [-0.15, -0.1) is 22.7 Å². The third-order valence-corrected chi connectivity index (χ3v) is 8.50. The Hall–Kier alpha value is -1.96. The van der Waals surface area contributed by atoms with E-state index in [-0.39, 0.29) is 27.2 Å². The van der Waals surface area contributed by atoms with Crippen molar-refractivity contribution in [2.75, 3.05) is 5.32 Å². The fourth-order valence-corrected chi connectivity index (χ4v) is 6.80. The number of nitrogens with one attached hydrogen (secondary N) is 2. The van der Waals surface area contributed by atoms with Gasteiger partial charge >= 0.3 is 0 Å². The number of carbonyl (C=O) groups is 2. The lowest BCUT2D eigenvalue weighted by molar-refractivity contribution is 0.0951. The van der Waals surface area contributed by atoms with Crippen LogP contribution in [0.15, 0.2) is 18.2 Å². The number of hydrogen-bond donors (Lipinski definition) is 2. The minimum atomic E-state index is -0.446. The summed E-state index contributed by atoms with van der Waals surface area (Å²) in [4.78, 5) is 27.5. The maximum atomic E-state index is 14.2. The van der Waals surface area contributed by atoms with Gasteiger partial charge in [0, 0.05) is 21.0 Å². The molecule has 2 aromatic heterocycles. The van der Waals surface area contributed by atoms with Crippen molar-refractivity contribution in [2.45, 2.75) is 45.1 Å². The molecule has 3 aromatic rings. The first-order valence-corrected chi connectivity index (χ1v) is 12.1. The summed E-state index contributed by atoms with van der Waals surface area (Å²) in [6.45, 7) is 2.20. The van der Waals surface area contributed by atoms with Gasteiger partial charge < -0.3 is 10.6 Å². The molecule has 0 bridgehead atoms. The Morgan fingerprint density at radius 1 is 1.17 bits per heavy atom. The molecule has 4 nitrogen and oxygen atoms in total. The van der Waals surface area contributed by atoms with Gasteiger partial charge in [0.25, 0.3) is 11.8 Å². The van der Waals surface area contributed by atoms with Gasteiger partial charge in [0.15, 0.2) is 0 Å². The zero-order valence-corrected chi connectivity index (χ0v) is 18.7. The molecule has 1 saturated carbocycles. The number of carbonyl (C=O) groups excluding carboxylic acids is 2. The van der Waals surface area contributed by atoms with E-state index in [1.54, 1.807) is 12.1 Å². The second-order valence-electron chi connectivity index (χ2n) is 8.12. The van der Waals surface area contributed by atoms with Crippen LogP contribution in [0.2, 0.25) is 5.02 Å². The largest absolute Gasteiger partial charge is 0.349 e. The van der Waals surface area contributed by atoms with Crippen LogP contribution in [0.1, 0.15) is 56.7 Å². The lowest BCUT2D eigenvalue weighted by Crippen LogP contribution is -2.27. The smallest absolute Gasteiger partial charge is 0.267 e. The van der Waals surface area contributed by atoms with E-state index in [1.165, 1.54) is 22.3 Å². The molecule has 1 fully saturated rings. The average Bonchev–Trinajstić information content (AvgIpc) is 3.34. The van der Waals surface area contributed by atoms with E-state index in [4.69, 9.17) is 11.6 Å². The SMILES string of the molecule is C[C@H]1CCc2c(sc(NC(=O)c3sc4cccc(F)c4c3Cl)c2C(=O)NC2CC2)C1. The Morgan fingerprint density at radius 3 is 2.70 bits per heavy atom. The second kappa shape index (κ2) is 7.62. The summed E-state index contributed by atoms with van der Waals surface area (Å²) < 4.78 is 14.8. The first-order chi connectivity index (χ1) is 14.4. The molecule has 0 unspecified atom stereocenters. The van der Waals surface area contributed by atoms with E-state index in [1.807, 2.05) is 0 Å². The van der Waals surface area contributed by atoms with Crippen LogP contribution in [0.5, 0.6) is 0 Å². The molecule has 2 aliphatic carbocycles. The first-order valence-electron chi connectivity index (χ1n) is 10.1. The molecule has 8 heteroatoms. The van der Waals surface area contributed by atoms with Crippen molar-refractivity contribution in [1.29, 1.82) is 0 Å². The van der Waals surface area contributed by atoms with Crippen LogP contribution < -0.4 is 10.6 Å². The van der Waals surface area contributed by atoms with Crippen LogP contribution in [0.3, 0.4) is 0 Å². The van der Waals surface area contributed by atoms with Crippen molar-refractivity contribution >= 4 is 61.2 Å². The number of rotatable bonds is 4. The highest BCUT2D eigenvalue weighted by Crippen LogP contribution is 2.42. The van der Waals surface area contributed by atoms with Crippen molar-refractivity contribution in [3.63, 3.8) is 0 Å². The summed E-state index contributed by atoms with van der Waals surface area (Å²) in [5.74, 6) is -0.419. The van der Waals surface area contributed by atoms with Crippen molar-refractivity contribution in [3.8, 4) is 0 Å². The molecule has 1 atom stereocenters. The molecule has 0 spiro atoms. The molecule has 5 rings (SSSR count). The van der Waals surface area contributed by atoms with Gasteiger partial charge in [-0.3, -0.25) is 9.59 Å². The minimum absolute atomic E-state index is 0.115. The molecule has 1 aromatic carbocycles. The third kappa shape index (κ3) is 3.53. The van der Waals surface area contributed by atoms with Crippen molar-refractivity contribution < 1.29 is 14.0 Å². The molecule has 0 radical (unpaired) electrons. The first kappa shape index (κ1) is 20.0. The van der Waals surface area contributed by atoms with Crippen molar-refractivity contribution in [1.82, 2.24) is 5.32 Å². The van der Waals surface area contributed by atoms with Gasteiger partial charge in [-0.2, -0.15) is 0 Å². The van der Waals surface area contributed by atoms with Gasteiger partial charge in [-0.1, -0.05) is 24.6 Å². The van der Waals surface area contributed by atoms with E-state index in [2.05, 4.69) is 17.6 Å². The van der Waals surface area contributed by atoms with Crippen LogP contribution in [-0.2, 0) is 12.8 Å². The highest BCUT2D eigenvalue weighted by Gasteiger charge is 2.32. The second-order valence-corrected chi connectivity index (χ2v) is 10.7. The number of fused-ring (bicyclic) bond motifs is 2. The zero-order valence-electron chi connectivity index (χ0n) is 16.3. The molecule has 30 heavy (non-hydrogen) atoms. The Bertz CT molecular complexity index is 1180. The fourth-order valence-electron chi connectivity index (χ4n) is 3.94. The predicted octanol–water partition coefficient (Wildman–Crippen LogP) is 6.02. The Labute approximate surface area is 186 Å². The predicted molar refractivity (Wildman–Crippen MR) is 121 cm³/mol. The van der Waals surface area contributed by atoms with Crippen molar-refractivity contribution in [3.05, 3.63) is 49.9 Å². The highest BCUT2D eigenvalue weighted by molar-refractivity contribution is 7.22. The Morgan fingerprint density at radius 2 is 1.97 bits per heavy atom. The quantitative estimate of drug-likeness (QED) is 0.497. The summed E-state index contributed by atoms with van der Waals surface area (Å²) in [5, 5.41) is 6.91. The number of amides is 2. The number of benzene rings is 1. The zero-order chi connectivity index (χ0) is 21.0.